The monoisotopic (exact) mass is 140 g/mol. The summed E-state index contributed by atoms with van der Waals surface area (Å²) in [5.74, 6) is 0.114. The summed E-state index contributed by atoms with van der Waals surface area (Å²) in [6, 6.07) is 0. The van der Waals surface area contributed by atoms with Crippen molar-refractivity contribution in [3.8, 4) is 0 Å². The zero-order chi connectivity index (χ0) is 7.72. The van der Waals surface area contributed by atoms with Gasteiger partial charge in [-0.15, -0.1) is 0 Å². The molecule has 2 N–H and O–H groups in total. The molecule has 0 heterocycles. The van der Waals surface area contributed by atoms with E-state index < -0.39 is 6.10 Å². The van der Waals surface area contributed by atoms with E-state index in [1.54, 1.807) is 6.08 Å². The number of hydrogen-bond acceptors (Lipinski definition) is 2. The standard InChI is InChI=1S/C8H12O2/c1-5-3-4-7(9)8(10)6(5)2/h3-4,6,8-10H,1-2H3. The summed E-state index contributed by atoms with van der Waals surface area (Å²) in [6.45, 7) is 3.83. The van der Waals surface area contributed by atoms with Gasteiger partial charge in [0, 0.05) is 5.92 Å². The van der Waals surface area contributed by atoms with Gasteiger partial charge in [-0.1, -0.05) is 18.6 Å². The Hall–Kier alpha value is -0.760. The summed E-state index contributed by atoms with van der Waals surface area (Å²) in [7, 11) is 0. The van der Waals surface area contributed by atoms with Gasteiger partial charge in [0.25, 0.3) is 0 Å². The molecule has 0 aromatic heterocycles. The first-order valence-corrected chi connectivity index (χ1v) is 3.38. The van der Waals surface area contributed by atoms with Crippen molar-refractivity contribution >= 4 is 0 Å². The van der Waals surface area contributed by atoms with Gasteiger partial charge in [0.15, 0.2) is 0 Å². The summed E-state index contributed by atoms with van der Waals surface area (Å²) < 4.78 is 0. The van der Waals surface area contributed by atoms with Crippen LogP contribution >= 0.6 is 0 Å². The topological polar surface area (TPSA) is 40.5 Å². The first-order valence-electron chi connectivity index (χ1n) is 3.38. The van der Waals surface area contributed by atoms with Crippen molar-refractivity contribution in [2.75, 3.05) is 0 Å². The lowest BCUT2D eigenvalue weighted by molar-refractivity contribution is 0.115. The number of aliphatic hydroxyl groups is 2. The van der Waals surface area contributed by atoms with Crippen LogP contribution in [0.25, 0.3) is 0 Å². The van der Waals surface area contributed by atoms with E-state index in [0.717, 1.165) is 5.57 Å². The molecule has 2 heteroatoms. The molecule has 0 amide bonds. The smallest absolute Gasteiger partial charge is 0.121 e. The van der Waals surface area contributed by atoms with Gasteiger partial charge in [0.2, 0.25) is 0 Å². The van der Waals surface area contributed by atoms with Crippen molar-refractivity contribution in [3.63, 3.8) is 0 Å². The molecule has 10 heavy (non-hydrogen) atoms. The van der Waals surface area contributed by atoms with Crippen LogP contribution in [0.1, 0.15) is 13.8 Å². The highest BCUT2D eigenvalue weighted by atomic mass is 16.3. The van der Waals surface area contributed by atoms with Gasteiger partial charge in [-0.05, 0) is 13.0 Å². The molecule has 0 spiro atoms. The molecule has 1 rings (SSSR count). The summed E-state index contributed by atoms with van der Waals surface area (Å²) in [6.07, 6.45) is 2.66. The molecule has 2 nitrogen and oxygen atoms in total. The Kier molecular flexibility index (Phi) is 1.81. The molecule has 0 radical (unpaired) electrons. The fourth-order valence-corrected chi connectivity index (χ4v) is 0.972. The Morgan fingerprint density at radius 3 is 2.50 bits per heavy atom. The lowest BCUT2D eigenvalue weighted by atomic mass is 9.91. The lowest BCUT2D eigenvalue weighted by Gasteiger charge is -2.21. The van der Waals surface area contributed by atoms with E-state index >= 15 is 0 Å². The SMILES string of the molecule is CC1=CC=C(O)C(O)C1C. The largest absolute Gasteiger partial charge is 0.510 e. The molecule has 0 aromatic carbocycles. The van der Waals surface area contributed by atoms with E-state index in [9.17, 15) is 5.11 Å². The van der Waals surface area contributed by atoms with Crippen LogP contribution in [-0.2, 0) is 0 Å². The molecule has 0 fully saturated rings. The van der Waals surface area contributed by atoms with Crippen molar-refractivity contribution in [3.05, 3.63) is 23.5 Å². The van der Waals surface area contributed by atoms with E-state index in [2.05, 4.69) is 0 Å². The predicted octanol–water partition coefficient (Wildman–Crippen LogP) is 1.39. The number of aliphatic hydroxyl groups excluding tert-OH is 2. The van der Waals surface area contributed by atoms with Crippen molar-refractivity contribution in [1.82, 2.24) is 0 Å². The fourth-order valence-electron chi connectivity index (χ4n) is 0.972. The lowest BCUT2D eigenvalue weighted by Crippen LogP contribution is -2.23. The van der Waals surface area contributed by atoms with Crippen LogP contribution in [0.5, 0.6) is 0 Å². The highest BCUT2D eigenvalue weighted by Crippen LogP contribution is 2.22. The fraction of sp³-hybridized carbons (Fsp3) is 0.500. The van der Waals surface area contributed by atoms with Gasteiger partial charge < -0.3 is 10.2 Å². The predicted molar refractivity (Wildman–Crippen MR) is 39.6 cm³/mol. The minimum Gasteiger partial charge on any atom is -0.510 e. The molecule has 56 valence electrons. The highest BCUT2D eigenvalue weighted by Gasteiger charge is 2.21. The first kappa shape index (κ1) is 7.35. The highest BCUT2D eigenvalue weighted by molar-refractivity contribution is 5.24. The number of allylic oxidation sites excluding steroid dienone is 2. The van der Waals surface area contributed by atoms with Crippen molar-refractivity contribution in [1.29, 1.82) is 0 Å². The maximum atomic E-state index is 9.26. The van der Waals surface area contributed by atoms with Crippen LogP contribution in [0.2, 0.25) is 0 Å². The Balaban J connectivity index is 2.86. The average molecular weight is 140 g/mol. The zero-order valence-corrected chi connectivity index (χ0v) is 6.20. The second kappa shape index (κ2) is 2.46. The normalized spacial score (nSPS) is 33.1. The van der Waals surface area contributed by atoms with E-state index in [1.165, 1.54) is 0 Å². The molecule has 2 atom stereocenters. The summed E-state index contributed by atoms with van der Waals surface area (Å²) in [5, 5.41) is 18.3. The second-order valence-electron chi connectivity index (χ2n) is 2.74. The van der Waals surface area contributed by atoms with Crippen LogP contribution in [-0.4, -0.2) is 16.3 Å². The third kappa shape index (κ3) is 1.07. The second-order valence-corrected chi connectivity index (χ2v) is 2.74. The van der Waals surface area contributed by atoms with Gasteiger partial charge in [-0.3, -0.25) is 0 Å². The minimum atomic E-state index is -0.704. The molecular formula is C8H12O2. The van der Waals surface area contributed by atoms with Crippen molar-refractivity contribution in [2.24, 2.45) is 5.92 Å². The molecule has 0 aliphatic heterocycles. The van der Waals surface area contributed by atoms with Crippen LogP contribution < -0.4 is 0 Å². The molecule has 0 saturated heterocycles. The van der Waals surface area contributed by atoms with Gasteiger partial charge >= 0.3 is 0 Å². The molecular weight excluding hydrogens is 128 g/mol. The van der Waals surface area contributed by atoms with Gasteiger partial charge in [0.05, 0.1) is 0 Å². The zero-order valence-electron chi connectivity index (χ0n) is 6.20. The van der Waals surface area contributed by atoms with Gasteiger partial charge in [-0.25, -0.2) is 0 Å². The number of rotatable bonds is 0. The van der Waals surface area contributed by atoms with Crippen molar-refractivity contribution < 1.29 is 10.2 Å². The van der Waals surface area contributed by atoms with Gasteiger partial charge in [0.1, 0.15) is 11.9 Å². The van der Waals surface area contributed by atoms with Gasteiger partial charge in [-0.2, -0.15) is 0 Å². The first-order chi connectivity index (χ1) is 4.63. The summed E-state index contributed by atoms with van der Waals surface area (Å²) in [4.78, 5) is 0. The minimum absolute atomic E-state index is 0.0463. The molecule has 0 aromatic rings. The Morgan fingerprint density at radius 1 is 1.40 bits per heavy atom. The molecule has 2 unspecified atom stereocenters. The molecule has 1 aliphatic rings. The quantitative estimate of drug-likeness (QED) is 0.533. The van der Waals surface area contributed by atoms with E-state index in [4.69, 9.17) is 5.11 Å². The van der Waals surface area contributed by atoms with Crippen LogP contribution in [0, 0.1) is 5.92 Å². The molecule has 1 aliphatic carbocycles. The van der Waals surface area contributed by atoms with Crippen LogP contribution in [0.4, 0.5) is 0 Å². The molecule has 0 bridgehead atoms. The van der Waals surface area contributed by atoms with E-state index in [0.29, 0.717) is 0 Å². The maximum Gasteiger partial charge on any atom is 0.121 e. The third-order valence-electron chi connectivity index (χ3n) is 2.01. The average Bonchev–Trinajstić information content (AvgIpc) is 1.93. The maximum absolute atomic E-state index is 9.26. The number of hydrogen-bond donors (Lipinski definition) is 2. The summed E-state index contributed by atoms with van der Waals surface area (Å²) in [5.41, 5.74) is 1.10. The Morgan fingerprint density at radius 2 is 2.00 bits per heavy atom. The van der Waals surface area contributed by atoms with Crippen LogP contribution in [0.15, 0.2) is 23.5 Å². The summed E-state index contributed by atoms with van der Waals surface area (Å²) >= 11 is 0. The Labute approximate surface area is 60.5 Å². The Bertz CT molecular complexity index is 169. The van der Waals surface area contributed by atoms with E-state index in [-0.39, 0.29) is 11.7 Å². The van der Waals surface area contributed by atoms with Crippen LogP contribution in [0.3, 0.4) is 0 Å². The third-order valence-corrected chi connectivity index (χ3v) is 2.01. The molecule has 0 saturated carbocycles. The van der Waals surface area contributed by atoms with E-state index in [1.807, 2.05) is 19.9 Å². The van der Waals surface area contributed by atoms with Crippen molar-refractivity contribution in [2.45, 2.75) is 20.0 Å².